The Kier molecular flexibility index (Phi) is 4.52. The number of alkyl halides is 1. The molecule has 1 saturated heterocycles. The number of nitrogens with zero attached hydrogens (tertiary/aromatic N) is 4. The molecule has 3 heterocycles. The van der Waals surface area contributed by atoms with Crippen molar-refractivity contribution in [3.05, 3.63) is 48.7 Å². The smallest absolute Gasteiger partial charge is 0.175 e. The number of Topliss-reactive ketones (excluding diaryl/α,β-unsaturated/α-hetero) is 1. The van der Waals surface area contributed by atoms with Crippen LogP contribution in [0.4, 0.5) is 4.39 Å². The lowest BCUT2D eigenvalue weighted by Crippen LogP contribution is -2.45. The highest BCUT2D eigenvalue weighted by molar-refractivity contribution is 5.91. The number of fused-ring (bicyclic) bond motifs is 1. The lowest BCUT2D eigenvalue weighted by molar-refractivity contribution is -0.132. The second-order valence-electron chi connectivity index (χ2n) is 7.50. The number of rotatable bonds is 4. The zero-order valence-electron chi connectivity index (χ0n) is 15.7. The number of carbonyl (C=O) groups excluding carboxylic acids is 1. The summed E-state index contributed by atoms with van der Waals surface area (Å²) in [4.78, 5) is 23.2. The van der Waals surface area contributed by atoms with Crippen LogP contribution < -0.4 is 0 Å². The molecule has 140 valence electrons. The predicted octanol–water partition coefficient (Wildman–Crippen LogP) is 3.18. The molecular weight excluding hydrogens is 343 g/mol. The van der Waals surface area contributed by atoms with Crippen LogP contribution in [0.2, 0.25) is 0 Å². The third-order valence-electron chi connectivity index (χ3n) is 5.51. The highest BCUT2D eigenvalue weighted by Crippen LogP contribution is 2.29. The zero-order chi connectivity index (χ0) is 19.0. The molecule has 0 N–H and O–H groups in total. The summed E-state index contributed by atoms with van der Waals surface area (Å²) in [6.07, 6.45) is 5.90. The second-order valence-corrected chi connectivity index (χ2v) is 7.50. The van der Waals surface area contributed by atoms with Crippen molar-refractivity contribution in [2.75, 3.05) is 20.1 Å². The maximum absolute atomic E-state index is 15.0. The SMILES string of the molecule is CN1CCC(F)(C(=O)Cc2cc3cc(-c4cncn4C)ccc3cn2)CC1. The molecule has 1 aliphatic rings. The molecule has 3 aromatic rings. The van der Waals surface area contributed by atoms with Gasteiger partial charge in [0.15, 0.2) is 11.5 Å². The number of aryl methyl sites for hydroxylation is 1. The Morgan fingerprint density at radius 3 is 2.63 bits per heavy atom. The van der Waals surface area contributed by atoms with Gasteiger partial charge in [-0.15, -0.1) is 0 Å². The van der Waals surface area contributed by atoms with Gasteiger partial charge in [-0.05, 0) is 24.6 Å². The first-order valence-corrected chi connectivity index (χ1v) is 9.21. The minimum absolute atomic E-state index is 0.0338. The van der Waals surface area contributed by atoms with Gasteiger partial charge in [0.1, 0.15) is 0 Å². The maximum Gasteiger partial charge on any atom is 0.175 e. The first-order chi connectivity index (χ1) is 12.9. The number of halogens is 1. The molecule has 4 rings (SSSR count). The van der Waals surface area contributed by atoms with Gasteiger partial charge in [0.05, 0.1) is 24.6 Å². The molecule has 1 aromatic carbocycles. The van der Waals surface area contributed by atoms with Crippen LogP contribution in [0, 0.1) is 0 Å². The minimum Gasteiger partial charge on any atom is -0.334 e. The largest absolute Gasteiger partial charge is 0.334 e. The van der Waals surface area contributed by atoms with Crippen molar-refractivity contribution in [3.63, 3.8) is 0 Å². The highest BCUT2D eigenvalue weighted by Gasteiger charge is 2.40. The average Bonchev–Trinajstić information content (AvgIpc) is 3.09. The van der Waals surface area contributed by atoms with Crippen molar-refractivity contribution >= 4 is 16.6 Å². The van der Waals surface area contributed by atoms with Crippen LogP contribution in [0.1, 0.15) is 18.5 Å². The van der Waals surface area contributed by atoms with Gasteiger partial charge in [-0.3, -0.25) is 9.78 Å². The summed E-state index contributed by atoms with van der Waals surface area (Å²) < 4.78 is 17.0. The molecule has 0 atom stereocenters. The molecule has 0 spiro atoms. The minimum atomic E-state index is -1.72. The number of ketones is 1. The summed E-state index contributed by atoms with van der Waals surface area (Å²) in [6.45, 7) is 1.23. The standard InChI is InChI=1S/C21H23FN4O/c1-25-7-5-21(22,6-8-25)20(27)11-18-10-17-9-15(3-4-16(17)12-24-18)19-13-23-14-26(19)2/h3-4,9-10,12-14H,5-8,11H2,1-2H3. The van der Waals surface area contributed by atoms with Crippen LogP contribution in [0.5, 0.6) is 0 Å². The number of likely N-dealkylation sites (tertiary alicyclic amines) is 1. The van der Waals surface area contributed by atoms with Crippen LogP contribution in [0.25, 0.3) is 22.0 Å². The normalized spacial score (nSPS) is 17.3. The molecule has 0 amide bonds. The number of carbonyl (C=O) groups is 1. The van der Waals surface area contributed by atoms with Crippen molar-refractivity contribution in [2.24, 2.45) is 7.05 Å². The maximum atomic E-state index is 15.0. The van der Waals surface area contributed by atoms with E-state index in [9.17, 15) is 4.79 Å². The summed E-state index contributed by atoms with van der Waals surface area (Å²) in [5.74, 6) is -0.356. The van der Waals surface area contributed by atoms with Crippen LogP contribution in [-0.4, -0.2) is 51.0 Å². The number of hydrogen-bond acceptors (Lipinski definition) is 4. The van der Waals surface area contributed by atoms with E-state index in [-0.39, 0.29) is 25.0 Å². The number of piperidine rings is 1. The summed E-state index contributed by atoms with van der Waals surface area (Å²) in [5.41, 5.74) is 0.953. The molecule has 1 aliphatic heterocycles. The monoisotopic (exact) mass is 366 g/mol. The van der Waals surface area contributed by atoms with E-state index in [1.807, 2.05) is 43.1 Å². The lowest BCUT2D eigenvalue weighted by atomic mass is 9.87. The van der Waals surface area contributed by atoms with Crippen molar-refractivity contribution in [1.82, 2.24) is 19.4 Å². The fraction of sp³-hybridized carbons (Fsp3) is 0.381. The Balaban J connectivity index is 1.59. The first-order valence-electron chi connectivity index (χ1n) is 9.21. The van der Waals surface area contributed by atoms with Crippen LogP contribution in [0.15, 0.2) is 43.0 Å². The quantitative estimate of drug-likeness (QED) is 0.712. The molecule has 1 fully saturated rings. The molecule has 0 unspecified atom stereocenters. The number of pyridine rings is 1. The molecule has 0 radical (unpaired) electrons. The Morgan fingerprint density at radius 1 is 1.15 bits per heavy atom. The molecular formula is C21H23FN4O. The third-order valence-corrected chi connectivity index (χ3v) is 5.51. The summed E-state index contributed by atoms with van der Waals surface area (Å²) >= 11 is 0. The van der Waals surface area contributed by atoms with E-state index in [1.54, 1.807) is 12.5 Å². The average molecular weight is 366 g/mol. The highest BCUT2D eigenvalue weighted by atomic mass is 19.1. The van der Waals surface area contributed by atoms with Gasteiger partial charge in [-0.25, -0.2) is 9.37 Å². The van der Waals surface area contributed by atoms with Crippen molar-refractivity contribution in [2.45, 2.75) is 24.9 Å². The van der Waals surface area contributed by atoms with E-state index in [2.05, 4.69) is 20.9 Å². The lowest BCUT2D eigenvalue weighted by Gasteiger charge is -2.33. The van der Waals surface area contributed by atoms with Gasteiger partial charge < -0.3 is 9.47 Å². The molecule has 0 bridgehead atoms. The number of benzene rings is 1. The van der Waals surface area contributed by atoms with Crippen molar-refractivity contribution in [3.8, 4) is 11.3 Å². The number of imidazole rings is 1. The molecule has 5 nitrogen and oxygen atoms in total. The van der Waals surface area contributed by atoms with Gasteiger partial charge in [0, 0.05) is 55.8 Å². The van der Waals surface area contributed by atoms with Crippen molar-refractivity contribution in [1.29, 1.82) is 0 Å². The predicted molar refractivity (Wildman–Crippen MR) is 103 cm³/mol. The Morgan fingerprint density at radius 2 is 1.93 bits per heavy atom. The van der Waals surface area contributed by atoms with E-state index in [1.165, 1.54) is 0 Å². The summed E-state index contributed by atoms with van der Waals surface area (Å²) in [6, 6.07) is 7.99. The zero-order valence-corrected chi connectivity index (χ0v) is 15.7. The molecule has 6 heteroatoms. The second kappa shape index (κ2) is 6.85. The molecule has 2 aromatic heterocycles. The molecule has 0 aliphatic carbocycles. The van der Waals surface area contributed by atoms with Crippen LogP contribution in [-0.2, 0) is 18.3 Å². The van der Waals surface area contributed by atoms with Crippen LogP contribution in [0.3, 0.4) is 0 Å². The van der Waals surface area contributed by atoms with Crippen molar-refractivity contribution < 1.29 is 9.18 Å². The van der Waals surface area contributed by atoms with E-state index >= 15 is 4.39 Å². The van der Waals surface area contributed by atoms with E-state index in [0.717, 1.165) is 22.0 Å². The molecule has 27 heavy (non-hydrogen) atoms. The van der Waals surface area contributed by atoms with Crippen LogP contribution >= 0.6 is 0 Å². The van der Waals surface area contributed by atoms with Gasteiger partial charge in [-0.2, -0.15) is 0 Å². The molecule has 0 saturated carbocycles. The fourth-order valence-corrected chi connectivity index (χ4v) is 3.65. The Hall–Kier alpha value is -2.60. The van der Waals surface area contributed by atoms with Gasteiger partial charge >= 0.3 is 0 Å². The fourth-order valence-electron chi connectivity index (χ4n) is 3.65. The van der Waals surface area contributed by atoms with Gasteiger partial charge in [-0.1, -0.05) is 12.1 Å². The van der Waals surface area contributed by atoms with E-state index in [4.69, 9.17) is 0 Å². The Bertz CT molecular complexity index is 989. The summed E-state index contributed by atoms with van der Waals surface area (Å²) in [7, 11) is 3.90. The topological polar surface area (TPSA) is 51.0 Å². The Labute approximate surface area is 157 Å². The third kappa shape index (κ3) is 3.49. The first kappa shape index (κ1) is 17.8. The van der Waals surface area contributed by atoms with Gasteiger partial charge in [0.2, 0.25) is 0 Å². The summed E-state index contributed by atoms with van der Waals surface area (Å²) in [5, 5.41) is 1.98. The van der Waals surface area contributed by atoms with E-state index < -0.39 is 5.67 Å². The van der Waals surface area contributed by atoms with Gasteiger partial charge in [0.25, 0.3) is 0 Å². The number of aromatic nitrogens is 3. The number of hydrogen-bond donors (Lipinski definition) is 0. The van der Waals surface area contributed by atoms with E-state index in [0.29, 0.717) is 18.8 Å².